The van der Waals surface area contributed by atoms with E-state index >= 15 is 0 Å². The highest BCUT2D eigenvalue weighted by Crippen LogP contribution is 2.05. The van der Waals surface area contributed by atoms with Crippen molar-refractivity contribution in [2.75, 3.05) is 0 Å². The maximum absolute atomic E-state index is 9.06. The second-order valence-electron chi connectivity index (χ2n) is 3.60. The second kappa shape index (κ2) is 5.98. The summed E-state index contributed by atoms with van der Waals surface area (Å²) in [5.74, 6) is 0.166. The largest absolute Gasteiger partial charge is 0.506 e. The highest BCUT2D eigenvalue weighted by molar-refractivity contribution is 5.17. The number of hydroxylamine groups is 1. The highest BCUT2D eigenvalue weighted by Gasteiger charge is 1.95. The molecule has 0 aliphatic carbocycles. The summed E-state index contributed by atoms with van der Waals surface area (Å²) in [5, 5.41) is 9.06. The standard InChI is InChI=1S/C13H14N2O2/c16-13-7-6-12(14-9-13)8-15-17-10-11-4-2-1-3-5-11/h1-7,9,15-16H,8,10H2. The van der Waals surface area contributed by atoms with E-state index < -0.39 is 0 Å². The van der Waals surface area contributed by atoms with Crippen LogP contribution in [-0.4, -0.2) is 10.1 Å². The number of hydrogen-bond acceptors (Lipinski definition) is 4. The van der Waals surface area contributed by atoms with Gasteiger partial charge in [0, 0.05) is 0 Å². The van der Waals surface area contributed by atoms with Crippen LogP contribution >= 0.6 is 0 Å². The summed E-state index contributed by atoms with van der Waals surface area (Å²) in [7, 11) is 0. The lowest BCUT2D eigenvalue weighted by atomic mass is 10.2. The Labute approximate surface area is 99.8 Å². The molecule has 17 heavy (non-hydrogen) atoms. The Kier molecular flexibility index (Phi) is 4.07. The van der Waals surface area contributed by atoms with Gasteiger partial charge >= 0.3 is 0 Å². The van der Waals surface area contributed by atoms with Crippen LogP contribution in [0.15, 0.2) is 48.7 Å². The summed E-state index contributed by atoms with van der Waals surface area (Å²) >= 11 is 0. The van der Waals surface area contributed by atoms with E-state index in [1.807, 2.05) is 30.3 Å². The Balaban J connectivity index is 1.71. The van der Waals surface area contributed by atoms with Gasteiger partial charge in [0.25, 0.3) is 0 Å². The van der Waals surface area contributed by atoms with Crippen LogP contribution in [0.3, 0.4) is 0 Å². The van der Waals surface area contributed by atoms with Crippen LogP contribution in [0.1, 0.15) is 11.3 Å². The van der Waals surface area contributed by atoms with Gasteiger partial charge in [-0.3, -0.25) is 9.82 Å². The topological polar surface area (TPSA) is 54.4 Å². The Morgan fingerprint density at radius 2 is 1.94 bits per heavy atom. The molecule has 0 fully saturated rings. The molecule has 1 aromatic carbocycles. The number of benzene rings is 1. The zero-order valence-corrected chi connectivity index (χ0v) is 9.34. The molecule has 1 heterocycles. The van der Waals surface area contributed by atoms with Crippen LogP contribution in [-0.2, 0) is 18.0 Å². The van der Waals surface area contributed by atoms with Crippen molar-refractivity contribution in [3.05, 3.63) is 59.9 Å². The Bertz CT molecular complexity index is 443. The summed E-state index contributed by atoms with van der Waals surface area (Å²) in [6, 6.07) is 13.3. The molecule has 2 N–H and O–H groups in total. The average molecular weight is 230 g/mol. The van der Waals surface area contributed by atoms with Crippen molar-refractivity contribution in [1.29, 1.82) is 0 Å². The van der Waals surface area contributed by atoms with Crippen LogP contribution in [0.2, 0.25) is 0 Å². The van der Waals surface area contributed by atoms with Crippen LogP contribution in [0, 0.1) is 0 Å². The molecule has 0 atom stereocenters. The van der Waals surface area contributed by atoms with E-state index in [9.17, 15) is 0 Å². The minimum Gasteiger partial charge on any atom is -0.506 e. The molecule has 88 valence electrons. The Morgan fingerprint density at radius 1 is 1.12 bits per heavy atom. The van der Waals surface area contributed by atoms with Crippen LogP contribution in [0.4, 0.5) is 0 Å². The molecule has 0 saturated carbocycles. The maximum atomic E-state index is 9.06. The van der Waals surface area contributed by atoms with E-state index in [2.05, 4.69) is 10.5 Å². The van der Waals surface area contributed by atoms with Crippen molar-refractivity contribution >= 4 is 0 Å². The summed E-state index contributed by atoms with van der Waals surface area (Å²) in [6.45, 7) is 1.02. The third-order valence-electron chi connectivity index (χ3n) is 2.25. The smallest absolute Gasteiger partial charge is 0.133 e. The van der Waals surface area contributed by atoms with Crippen molar-refractivity contribution in [3.63, 3.8) is 0 Å². The monoisotopic (exact) mass is 230 g/mol. The predicted octanol–water partition coefficient (Wildman–Crippen LogP) is 2.01. The first-order chi connectivity index (χ1) is 8.34. The minimum absolute atomic E-state index is 0.166. The molecule has 0 saturated heterocycles. The van der Waals surface area contributed by atoms with E-state index in [1.54, 1.807) is 12.1 Å². The minimum atomic E-state index is 0.166. The molecule has 0 amide bonds. The first-order valence-corrected chi connectivity index (χ1v) is 5.37. The van der Waals surface area contributed by atoms with E-state index in [0.29, 0.717) is 13.2 Å². The van der Waals surface area contributed by atoms with Crippen LogP contribution in [0.25, 0.3) is 0 Å². The number of nitrogens with zero attached hydrogens (tertiary/aromatic N) is 1. The molecule has 2 aromatic rings. The molecule has 0 aliphatic heterocycles. The number of aromatic nitrogens is 1. The first kappa shape index (κ1) is 11.6. The van der Waals surface area contributed by atoms with Gasteiger partial charge in [0.15, 0.2) is 0 Å². The van der Waals surface area contributed by atoms with E-state index in [1.165, 1.54) is 6.20 Å². The quantitative estimate of drug-likeness (QED) is 0.609. The molecule has 0 spiro atoms. The Hall–Kier alpha value is -1.91. The van der Waals surface area contributed by atoms with Gasteiger partial charge in [0.2, 0.25) is 0 Å². The molecule has 1 aromatic heterocycles. The predicted molar refractivity (Wildman–Crippen MR) is 64.0 cm³/mol. The van der Waals surface area contributed by atoms with Gasteiger partial charge in [-0.2, -0.15) is 5.48 Å². The summed E-state index contributed by atoms with van der Waals surface area (Å²) in [4.78, 5) is 9.33. The summed E-state index contributed by atoms with van der Waals surface area (Å²) in [6.07, 6.45) is 1.41. The van der Waals surface area contributed by atoms with E-state index in [4.69, 9.17) is 9.94 Å². The van der Waals surface area contributed by atoms with Gasteiger partial charge in [-0.15, -0.1) is 0 Å². The van der Waals surface area contributed by atoms with Gasteiger partial charge in [-0.05, 0) is 17.7 Å². The van der Waals surface area contributed by atoms with Crippen LogP contribution < -0.4 is 5.48 Å². The van der Waals surface area contributed by atoms with Crippen molar-refractivity contribution in [2.45, 2.75) is 13.2 Å². The molecular formula is C13H14N2O2. The molecule has 0 aliphatic rings. The normalized spacial score (nSPS) is 10.4. The molecule has 2 rings (SSSR count). The summed E-state index contributed by atoms with van der Waals surface area (Å²) in [5.41, 5.74) is 4.75. The van der Waals surface area contributed by atoms with Gasteiger partial charge in [-0.25, -0.2) is 0 Å². The van der Waals surface area contributed by atoms with Gasteiger partial charge in [0.05, 0.1) is 25.0 Å². The van der Waals surface area contributed by atoms with Crippen molar-refractivity contribution < 1.29 is 9.94 Å². The number of nitrogens with one attached hydrogen (secondary N) is 1. The average Bonchev–Trinajstić information content (AvgIpc) is 2.38. The van der Waals surface area contributed by atoms with Crippen molar-refractivity contribution in [3.8, 4) is 5.75 Å². The molecule has 0 radical (unpaired) electrons. The lowest BCUT2D eigenvalue weighted by molar-refractivity contribution is 0.0228. The molecule has 0 bridgehead atoms. The van der Waals surface area contributed by atoms with Gasteiger partial charge in [-0.1, -0.05) is 30.3 Å². The van der Waals surface area contributed by atoms with E-state index in [0.717, 1.165) is 11.3 Å². The number of hydrogen-bond donors (Lipinski definition) is 2. The molecule has 4 nitrogen and oxygen atoms in total. The van der Waals surface area contributed by atoms with E-state index in [-0.39, 0.29) is 5.75 Å². The number of pyridine rings is 1. The zero-order chi connectivity index (χ0) is 11.9. The number of rotatable bonds is 5. The van der Waals surface area contributed by atoms with Crippen molar-refractivity contribution in [2.24, 2.45) is 0 Å². The fraction of sp³-hybridized carbons (Fsp3) is 0.154. The lowest BCUT2D eigenvalue weighted by Crippen LogP contribution is -2.14. The third-order valence-corrected chi connectivity index (χ3v) is 2.25. The maximum Gasteiger partial charge on any atom is 0.133 e. The summed E-state index contributed by atoms with van der Waals surface area (Å²) < 4.78 is 0. The first-order valence-electron chi connectivity index (χ1n) is 5.37. The molecule has 4 heteroatoms. The molecule has 0 unspecified atom stereocenters. The highest BCUT2D eigenvalue weighted by atomic mass is 16.6. The van der Waals surface area contributed by atoms with Gasteiger partial charge < -0.3 is 5.11 Å². The van der Waals surface area contributed by atoms with Gasteiger partial charge in [0.1, 0.15) is 5.75 Å². The SMILES string of the molecule is Oc1ccc(CNOCc2ccccc2)nc1. The molecular weight excluding hydrogens is 216 g/mol. The fourth-order valence-corrected chi connectivity index (χ4v) is 1.35. The zero-order valence-electron chi connectivity index (χ0n) is 9.34. The van der Waals surface area contributed by atoms with Crippen LogP contribution in [0.5, 0.6) is 5.75 Å². The Morgan fingerprint density at radius 3 is 2.65 bits per heavy atom. The number of aromatic hydroxyl groups is 1. The fourth-order valence-electron chi connectivity index (χ4n) is 1.35. The second-order valence-corrected chi connectivity index (χ2v) is 3.60. The third kappa shape index (κ3) is 3.86. The van der Waals surface area contributed by atoms with Crippen molar-refractivity contribution in [1.82, 2.24) is 10.5 Å². The lowest BCUT2D eigenvalue weighted by Gasteiger charge is -2.05.